The first-order chi connectivity index (χ1) is 11.0. The molecule has 7 nitrogen and oxygen atoms in total. The van der Waals surface area contributed by atoms with Gasteiger partial charge in [-0.1, -0.05) is 0 Å². The number of aryl methyl sites for hydroxylation is 1. The molecule has 124 valence electrons. The summed E-state index contributed by atoms with van der Waals surface area (Å²) in [7, 11) is -0.107. The van der Waals surface area contributed by atoms with Gasteiger partial charge in [-0.05, 0) is 43.5 Å². The van der Waals surface area contributed by atoms with Gasteiger partial charge in [-0.15, -0.1) is 0 Å². The van der Waals surface area contributed by atoms with Crippen LogP contribution < -0.4 is 9.62 Å². The molecule has 3 heterocycles. The SMILES string of the molecule is CNS(=O)(=O)c1ccc(N2CCC(Cc3cnn(C)c3)C2)nc1. The fourth-order valence-corrected chi connectivity index (χ4v) is 3.63. The van der Waals surface area contributed by atoms with E-state index in [1.807, 2.05) is 17.9 Å². The highest BCUT2D eigenvalue weighted by Gasteiger charge is 2.24. The van der Waals surface area contributed by atoms with Gasteiger partial charge in [0, 0.05) is 32.5 Å². The summed E-state index contributed by atoms with van der Waals surface area (Å²) in [6, 6.07) is 3.37. The first-order valence-corrected chi connectivity index (χ1v) is 9.08. The zero-order chi connectivity index (χ0) is 16.4. The standard InChI is InChI=1S/C15H21N5O2S/c1-16-23(21,22)14-3-4-15(17-9-14)20-6-5-12(11-20)7-13-8-18-19(2)10-13/h3-4,8-10,12,16H,5-7,11H2,1-2H3. The van der Waals surface area contributed by atoms with Crippen LogP contribution in [0, 0.1) is 5.92 Å². The number of nitrogens with zero attached hydrogens (tertiary/aromatic N) is 4. The summed E-state index contributed by atoms with van der Waals surface area (Å²) in [6.45, 7) is 1.87. The Labute approximate surface area is 136 Å². The van der Waals surface area contributed by atoms with Crippen LogP contribution in [0.5, 0.6) is 0 Å². The van der Waals surface area contributed by atoms with E-state index in [-0.39, 0.29) is 4.90 Å². The third-order valence-electron chi connectivity index (χ3n) is 4.19. The molecule has 1 unspecified atom stereocenters. The Balaban J connectivity index is 1.65. The van der Waals surface area contributed by atoms with E-state index in [0.717, 1.165) is 31.7 Å². The lowest BCUT2D eigenvalue weighted by atomic mass is 10.0. The van der Waals surface area contributed by atoms with E-state index in [4.69, 9.17) is 0 Å². The van der Waals surface area contributed by atoms with E-state index in [1.165, 1.54) is 18.8 Å². The van der Waals surface area contributed by atoms with Gasteiger partial charge in [0.25, 0.3) is 0 Å². The lowest BCUT2D eigenvalue weighted by molar-refractivity contribution is 0.585. The first kappa shape index (κ1) is 15.9. The van der Waals surface area contributed by atoms with Crippen molar-refractivity contribution in [2.45, 2.75) is 17.7 Å². The highest BCUT2D eigenvalue weighted by Crippen LogP contribution is 2.25. The van der Waals surface area contributed by atoms with Gasteiger partial charge in [0.05, 0.1) is 6.20 Å². The molecule has 8 heteroatoms. The van der Waals surface area contributed by atoms with Crippen molar-refractivity contribution < 1.29 is 8.42 Å². The quantitative estimate of drug-likeness (QED) is 0.874. The van der Waals surface area contributed by atoms with Crippen LogP contribution in [0.4, 0.5) is 5.82 Å². The number of sulfonamides is 1. The van der Waals surface area contributed by atoms with E-state index in [2.05, 4.69) is 25.9 Å². The van der Waals surface area contributed by atoms with Crippen LogP contribution in [0.25, 0.3) is 0 Å². The van der Waals surface area contributed by atoms with Crippen molar-refractivity contribution in [1.29, 1.82) is 0 Å². The summed E-state index contributed by atoms with van der Waals surface area (Å²) in [5.74, 6) is 1.40. The van der Waals surface area contributed by atoms with Gasteiger partial charge in [-0.3, -0.25) is 4.68 Å². The number of rotatable bonds is 5. The van der Waals surface area contributed by atoms with E-state index in [9.17, 15) is 8.42 Å². The zero-order valence-electron chi connectivity index (χ0n) is 13.3. The average Bonchev–Trinajstić information content (AvgIpc) is 3.17. The second kappa shape index (κ2) is 6.29. The Kier molecular flexibility index (Phi) is 4.36. The van der Waals surface area contributed by atoms with Crippen LogP contribution in [0.2, 0.25) is 0 Å². The molecule has 1 fully saturated rings. The summed E-state index contributed by atoms with van der Waals surface area (Å²) < 4.78 is 27.6. The third-order valence-corrected chi connectivity index (χ3v) is 5.59. The molecule has 1 aliphatic heterocycles. The van der Waals surface area contributed by atoms with E-state index < -0.39 is 10.0 Å². The Morgan fingerprint density at radius 1 is 1.35 bits per heavy atom. The molecule has 0 aromatic carbocycles. The van der Waals surface area contributed by atoms with Gasteiger partial charge in [-0.2, -0.15) is 5.10 Å². The minimum atomic E-state index is -3.43. The predicted octanol–water partition coefficient (Wildman–Crippen LogP) is 0.792. The van der Waals surface area contributed by atoms with E-state index >= 15 is 0 Å². The maximum Gasteiger partial charge on any atom is 0.241 e. The van der Waals surface area contributed by atoms with E-state index in [1.54, 1.807) is 12.1 Å². The Morgan fingerprint density at radius 2 is 2.17 bits per heavy atom. The number of hydrogen-bond donors (Lipinski definition) is 1. The van der Waals surface area contributed by atoms with Gasteiger partial charge in [0.2, 0.25) is 10.0 Å². The fraction of sp³-hybridized carbons (Fsp3) is 0.467. The molecule has 2 aromatic heterocycles. The van der Waals surface area contributed by atoms with Crippen molar-refractivity contribution in [2.75, 3.05) is 25.0 Å². The number of hydrogen-bond acceptors (Lipinski definition) is 5. The zero-order valence-corrected chi connectivity index (χ0v) is 14.1. The Morgan fingerprint density at radius 3 is 2.78 bits per heavy atom. The molecule has 3 rings (SSSR count). The maximum absolute atomic E-state index is 11.7. The molecule has 0 spiro atoms. The fourth-order valence-electron chi connectivity index (χ4n) is 2.95. The van der Waals surface area contributed by atoms with Crippen LogP contribution in [0.3, 0.4) is 0 Å². The molecular weight excluding hydrogens is 314 g/mol. The van der Waals surface area contributed by atoms with Crippen LogP contribution in [-0.4, -0.2) is 43.3 Å². The molecule has 1 N–H and O–H groups in total. The van der Waals surface area contributed by atoms with Gasteiger partial charge in [-0.25, -0.2) is 18.1 Å². The van der Waals surface area contributed by atoms with Crippen molar-refractivity contribution in [3.05, 3.63) is 36.3 Å². The molecule has 1 atom stereocenters. The maximum atomic E-state index is 11.7. The second-order valence-electron chi connectivity index (χ2n) is 5.89. The van der Waals surface area contributed by atoms with Crippen molar-refractivity contribution >= 4 is 15.8 Å². The number of pyridine rings is 1. The van der Waals surface area contributed by atoms with Crippen molar-refractivity contribution in [2.24, 2.45) is 13.0 Å². The molecule has 2 aromatic rings. The predicted molar refractivity (Wildman–Crippen MR) is 87.7 cm³/mol. The smallest absolute Gasteiger partial charge is 0.241 e. The summed E-state index contributed by atoms with van der Waals surface area (Å²) in [5.41, 5.74) is 1.25. The Bertz CT molecular complexity index is 769. The lowest BCUT2D eigenvalue weighted by Crippen LogP contribution is -2.22. The summed E-state index contributed by atoms with van der Waals surface area (Å²) in [5, 5.41) is 4.20. The van der Waals surface area contributed by atoms with Crippen molar-refractivity contribution in [3.8, 4) is 0 Å². The van der Waals surface area contributed by atoms with Crippen molar-refractivity contribution in [3.63, 3.8) is 0 Å². The van der Waals surface area contributed by atoms with Crippen LogP contribution in [0.1, 0.15) is 12.0 Å². The monoisotopic (exact) mass is 335 g/mol. The molecule has 0 aliphatic carbocycles. The first-order valence-electron chi connectivity index (χ1n) is 7.60. The molecule has 0 radical (unpaired) electrons. The largest absolute Gasteiger partial charge is 0.356 e. The number of anilines is 1. The molecule has 0 saturated carbocycles. The minimum absolute atomic E-state index is 0.190. The highest BCUT2D eigenvalue weighted by molar-refractivity contribution is 7.89. The molecule has 0 bridgehead atoms. The summed E-state index contributed by atoms with van der Waals surface area (Å²) in [4.78, 5) is 6.71. The lowest BCUT2D eigenvalue weighted by Gasteiger charge is -2.17. The van der Waals surface area contributed by atoms with Crippen molar-refractivity contribution in [1.82, 2.24) is 19.5 Å². The van der Waals surface area contributed by atoms with Crippen LogP contribution >= 0.6 is 0 Å². The molecule has 23 heavy (non-hydrogen) atoms. The van der Waals surface area contributed by atoms with Gasteiger partial charge in [0.15, 0.2) is 0 Å². The van der Waals surface area contributed by atoms with Gasteiger partial charge in [0.1, 0.15) is 10.7 Å². The van der Waals surface area contributed by atoms with Gasteiger partial charge >= 0.3 is 0 Å². The number of aromatic nitrogens is 3. The summed E-state index contributed by atoms with van der Waals surface area (Å²) >= 11 is 0. The number of nitrogens with one attached hydrogen (secondary N) is 1. The molecule has 1 aliphatic rings. The molecule has 0 amide bonds. The van der Waals surface area contributed by atoms with Gasteiger partial charge < -0.3 is 4.90 Å². The molecular formula is C15H21N5O2S. The average molecular weight is 335 g/mol. The highest BCUT2D eigenvalue weighted by atomic mass is 32.2. The molecule has 1 saturated heterocycles. The topological polar surface area (TPSA) is 80.1 Å². The normalized spacial score (nSPS) is 18.5. The van der Waals surface area contributed by atoms with Crippen LogP contribution in [0.15, 0.2) is 35.6 Å². The second-order valence-corrected chi connectivity index (χ2v) is 7.77. The minimum Gasteiger partial charge on any atom is -0.356 e. The Hall–Kier alpha value is -1.93. The van der Waals surface area contributed by atoms with E-state index in [0.29, 0.717) is 5.92 Å². The van der Waals surface area contributed by atoms with Crippen LogP contribution in [-0.2, 0) is 23.5 Å². The summed E-state index contributed by atoms with van der Waals surface area (Å²) in [6.07, 6.45) is 7.50. The third kappa shape index (κ3) is 3.53.